The Labute approximate surface area is 369 Å². The van der Waals surface area contributed by atoms with E-state index >= 15 is 0 Å². The van der Waals surface area contributed by atoms with Gasteiger partial charge < -0.3 is 0 Å². The summed E-state index contributed by atoms with van der Waals surface area (Å²) in [6.07, 6.45) is 1.99. The molecule has 0 radical (unpaired) electrons. The van der Waals surface area contributed by atoms with Gasteiger partial charge >= 0.3 is 0 Å². The van der Waals surface area contributed by atoms with Crippen molar-refractivity contribution in [2.45, 2.75) is 19.3 Å². The van der Waals surface area contributed by atoms with Crippen LogP contribution < -0.4 is 0 Å². The number of benzene rings is 8. The van der Waals surface area contributed by atoms with Crippen LogP contribution in [0.2, 0.25) is 0 Å². The predicted octanol–water partition coefficient (Wildman–Crippen LogP) is 14.9. The molecule has 8 aromatic carbocycles. The van der Waals surface area contributed by atoms with Crippen LogP contribution in [0.1, 0.15) is 33.6 Å². The first-order valence-corrected chi connectivity index (χ1v) is 21.6. The van der Waals surface area contributed by atoms with Gasteiger partial charge in [-0.25, -0.2) is 9.97 Å². The van der Waals surface area contributed by atoms with Crippen molar-refractivity contribution in [2.75, 3.05) is 0 Å². The summed E-state index contributed by atoms with van der Waals surface area (Å²) in [6, 6.07) is 78.9. The minimum atomic E-state index is -0.596. The highest BCUT2D eigenvalue weighted by Gasteiger charge is 2.46. The highest BCUT2D eigenvalue weighted by atomic mass is 14.9. The summed E-state index contributed by atoms with van der Waals surface area (Å²) in [5, 5.41) is 0. The fourth-order valence-corrected chi connectivity index (χ4v) is 9.64. The molecule has 0 saturated carbocycles. The number of pyridine rings is 1. The van der Waals surface area contributed by atoms with Gasteiger partial charge in [-0.3, -0.25) is 4.98 Å². The van der Waals surface area contributed by atoms with Gasteiger partial charge in [0.2, 0.25) is 0 Å². The van der Waals surface area contributed by atoms with Crippen LogP contribution in [-0.2, 0) is 5.41 Å². The van der Waals surface area contributed by atoms with E-state index in [9.17, 15) is 0 Å². The van der Waals surface area contributed by atoms with Crippen LogP contribution in [0.15, 0.2) is 225 Å². The van der Waals surface area contributed by atoms with Crippen molar-refractivity contribution in [3.05, 3.63) is 258 Å². The molecular weight excluding hydrogens is 763 g/mol. The second-order valence-corrected chi connectivity index (χ2v) is 16.5. The van der Waals surface area contributed by atoms with Crippen LogP contribution in [0.3, 0.4) is 0 Å². The first-order valence-electron chi connectivity index (χ1n) is 21.6. The average molecular weight is 806 g/mol. The standard InChI is InChI=1S/C60H43N3/c1-40-39-61-57(44-18-8-4-9-19-44)37-54(40)48-21-14-20-46(34-48)47-32-33-53-52-26-12-13-27-55(52)60(56(53)36-47,50-23-10-5-11-24-50)51-25-15-22-49(35-51)59-38-58(62-41(2)63-59)45-30-28-43(29-31-45)42-16-6-3-7-17-42/h3-39H,1-2H3. The molecule has 11 rings (SSSR count). The smallest absolute Gasteiger partial charge is 0.126 e. The van der Waals surface area contributed by atoms with Crippen molar-refractivity contribution < 1.29 is 0 Å². The van der Waals surface area contributed by atoms with Crippen LogP contribution in [-0.4, -0.2) is 15.0 Å². The van der Waals surface area contributed by atoms with E-state index in [1.165, 1.54) is 66.8 Å². The molecule has 3 nitrogen and oxygen atoms in total. The minimum absolute atomic E-state index is 0.596. The molecule has 1 aliphatic carbocycles. The number of aryl methyl sites for hydroxylation is 2. The first kappa shape index (κ1) is 38.0. The quantitative estimate of drug-likeness (QED) is 0.154. The van der Waals surface area contributed by atoms with Crippen molar-refractivity contribution in [3.63, 3.8) is 0 Å². The van der Waals surface area contributed by atoms with Gasteiger partial charge in [0.25, 0.3) is 0 Å². The van der Waals surface area contributed by atoms with E-state index in [1.807, 2.05) is 25.3 Å². The van der Waals surface area contributed by atoms with Crippen LogP contribution in [0.5, 0.6) is 0 Å². The third-order valence-electron chi connectivity index (χ3n) is 12.6. The van der Waals surface area contributed by atoms with Crippen molar-refractivity contribution in [1.29, 1.82) is 0 Å². The Morgan fingerprint density at radius 3 is 1.62 bits per heavy atom. The largest absolute Gasteiger partial charge is 0.256 e. The topological polar surface area (TPSA) is 38.7 Å². The summed E-state index contributed by atoms with van der Waals surface area (Å²) in [6.45, 7) is 4.13. The van der Waals surface area contributed by atoms with Crippen molar-refractivity contribution >= 4 is 0 Å². The summed E-state index contributed by atoms with van der Waals surface area (Å²) in [7, 11) is 0. The van der Waals surface area contributed by atoms with Gasteiger partial charge in [-0.2, -0.15) is 0 Å². The van der Waals surface area contributed by atoms with E-state index in [1.54, 1.807) is 0 Å². The van der Waals surface area contributed by atoms with E-state index in [4.69, 9.17) is 15.0 Å². The zero-order chi connectivity index (χ0) is 42.3. The number of rotatable bonds is 8. The summed E-state index contributed by atoms with van der Waals surface area (Å²) < 4.78 is 0. The van der Waals surface area contributed by atoms with Crippen LogP contribution in [0, 0.1) is 13.8 Å². The molecule has 1 aliphatic rings. The Balaban J connectivity index is 1.04. The van der Waals surface area contributed by atoms with Crippen LogP contribution in [0.4, 0.5) is 0 Å². The van der Waals surface area contributed by atoms with Crippen molar-refractivity contribution in [1.82, 2.24) is 15.0 Å². The second kappa shape index (κ2) is 15.8. The number of aromatic nitrogens is 3. The highest BCUT2D eigenvalue weighted by Crippen LogP contribution is 2.57. The van der Waals surface area contributed by atoms with Gasteiger partial charge in [-0.1, -0.05) is 188 Å². The predicted molar refractivity (Wildman–Crippen MR) is 259 cm³/mol. The van der Waals surface area contributed by atoms with E-state index < -0.39 is 5.41 Å². The minimum Gasteiger partial charge on any atom is -0.256 e. The third-order valence-corrected chi connectivity index (χ3v) is 12.6. The van der Waals surface area contributed by atoms with Gasteiger partial charge in [0.15, 0.2) is 0 Å². The zero-order valence-electron chi connectivity index (χ0n) is 35.2. The van der Waals surface area contributed by atoms with E-state index in [0.29, 0.717) is 0 Å². The summed E-state index contributed by atoms with van der Waals surface area (Å²) in [5.74, 6) is 0.736. The lowest BCUT2D eigenvalue weighted by Gasteiger charge is -2.34. The van der Waals surface area contributed by atoms with Gasteiger partial charge in [0, 0.05) is 22.9 Å². The third kappa shape index (κ3) is 6.75. The Morgan fingerprint density at radius 1 is 0.317 bits per heavy atom. The highest BCUT2D eigenvalue weighted by molar-refractivity contribution is 5.89. The Morgan fingerprint density at radius 2 is 0.841 bits per heavy atom. The fourth-order valence-electron chi connectivity index (χ4n) is 9.64. The van der Waals surface area contributed by atoms with Crippen LogP contribution in [0.25, 0.3) is 78.3 Å². The van der Waals surface area contributed by atoms with Gasteiger partial charge in [-0.15, -0.1) is 0 Å². The van der Waals surface area contributed by atoms with E-state index in [-0.39, 0.29) is 0 Å². The lowest BCUT2D eigenvalue weighted by molar-refractivity contribution is 0.769. The first-order chi connectivity index (χ1) is 31.0. The normalized spacial score (nSPS) is 13.9. The van der Waals surface area contributed by atoms with E-state index in [2.05, 4.69) is 213 Å². The van der Waals surface area contributed by atoms with Crippen LogP contribution >= 0.6 is 0 Å². The van der Waals surface area contributed by atoms with Crippen molar-refractivity contribution in [3.8, 4) is 78.3 Å². The molecule has 0 N–H and O–H groups in total. The molecule has 63 heavy (non-hydrogen) atoms. The Kier molecular flexibility index (Phi) is 9.51. The number of fused-ring (bicyclic) bond motifs is 3. The molecule has 0 spiro atoms. The molecule has 0 fully saturated rings. The van der Waals surface area contributed by atoms with E-state index in [0.717, 1.165) is 45.2 Å². The number of hydrogen-bond donors (Lipinski definition) is 0. The maximum atomic E-state index is 5.05. The monoisotopic (exact) mass is 805 g/mol. The number of hydrogen-bond acceptors (Lipinski definition) is 3. The molecule has 10 aromatic rings. The molecule has 0 saturated heterocycles. The van der Waals surface area contributed by atoms with Crippen molar-refractivity contribution in [2.24, 2.45) is 0 Å². The molecule has 1 atom stereocenters. The Bertz CT molecular complexity index is 3280. The zero-order valence-corrected chi connectivity index (χ0v) is 35.2. The summed E-state index contributed by atoms with van der Waals surface area (Å²) in [4.78, 5) is 14.8. The molecular formula is C60H43N3. The lowest BCUT2D eigenvalue weighted by atomic mass is 9.67. The Hall–Kier alpha value is -8.01. The average Bonchev–Trinajstić information content (AvgIpc) is 3.65. The summed E-state index contributed by atoms with van der Waals surface area (Å²) in [5.41, 5.74) is 21.0. The van der Waals surface area contributed by atoms with Gasteiger partial charge in [0.1, 0.15) is 5.82 Å². The lowest BCUT2D eigenvalue weighted by Crippen LogP contribution is -2.28. The maximum Gasteiger partial charge on any atom is 0.126 e. The molecule has 1 unspecified atom stereocenters. The molecule has 0 bridgehead atoms. The molecule has 2 heterocycles. The second-order valence-electron chi connectivity index (χ2n) is 16.5. The fraction of sp³-hybridized carbons (Fsp3) is 0.0500. The molecule has 3 heteroatoms. The SMILES string of the molecule is Cc1nc(-c2ccc(-c3ccccc3)cc2)cc(-c2cccc(C3(c4ccccc4)c4ccccc4-c4ccc(-c5cccc(-c6cc(-c7ccccc7)ncc6C)c5)cc43)c2)n1. The molecule has 0 aliphatic heterocycles. The number of nitrogens with zero attached hydrogens (tertiary/aromatic N) is 3. The molecule has 298 valence electrons. The maximum absolute atomic E-state index is 5.05. The van der Waals surface area contributed by atoms with Gasteiger partial charge in [-0.05, 0) is 117 Å². The molecule has 2 aromatic heterocycles. The van der Waals surface area contributed by atoms with Gasteiger partial charge in [0.05, 0.1) is 22.5 Å². The molecule has 0 amide bonds. The summed E-state index contributed by atoms with van der Waals surface area (Å²) >= 11 is 0.